The van der Waals surface area contributed by atoms with Crippen molar-refractivity contribution in [1.29, 1.82) is 0 Å². The molecule has 0 spiro atoms. The number of nitrogens with zero attached hydrogens (tertiary/aromatic N) is 3. The average molecular weight is 248 g/mol. The molecule has 0 unspecified atom stereocenters. The van der Waals surface area contributed by atoms with E-state index in [9.17, 15) is 0 Å². The normalized spacial score (nSPS) is 26.8. The summed E-state index contributed by atoms with van der Waals surface area (Å²) in [4.78, 5) is 2.50. The van der Waals surface area contributed by atoms with E-state index >= 15 is 0 Å². The standard InChI is InChI=1S/C14H24N4/c1-12-10-17(9-7-15-12)11-13-6-8-18(16-13)14-4-2-3-5-14/h6,8,12,14-15H,2-5,7,9-11H2,1H3/t12-/m0/s1. The van der Waals surface area contributed by atoms with Crippen LogP contribution in [-0.2, 0) is 6.54 Å². The Morgan fingerprint density at radius 2 is 2.22 bits per heavy atom. The van der Waals surface area contributed by atoms with Crippen molar-refractivity contribution in [1.82, 2.24) is 20.0 Å². The SMILES string of the molecule is C[C@H]1CN(Cc2ccn(C3CCCC3)n2)CCN1. The molecule has 0 amide bonds. The lowest BCUT2D eigenvalue weighted by Gasteiger charge is -2.31. The first kappa shape index (κ1) is 12.2. The van der Waals surface area contributed by atoms with Crippen LogP contribution in [0, 0.1) is 0 Å². The number of aromatic nitrogens is 2. The van der Waals surface area contributed by atoms with Crippen LogP contribution in [0.5, 0.6) is 0 Å². The van der Waals surface area contributed by atoms with Crippen LogP contribution in [0.3, 0.4) is 0 Å². The fraction of sp³-hybridized carbons (Fsp3) is 0.786. The Hall–Kier alpha value is -0.870. The van der Waals surface area contributed by atoms with Gasteiger partial charge in [0.25, 0.3) is 0 Å². The summed E-state index contributed by atoms with van der Waals surface area (Å²) in [6.07, 6.45) is 7.54. The van der Waals surface area contributed by atoms with Crippen molar-refractivity contribution in [3.63, 3.8) is 0 Å². The second-order valence-electron chi connectivity index (χ2n) is 5.82. The highest BCUT2D eigenvalue weighted by Crippen LogP contribution is 2.28. The largest absolute Gasteiger partial charge is 0.312 e. The molecule has 4 heteroatoms. The summed E-state index contributed by atoms with van der Waals surface area (Å²) < 4.78 is 2.20. The topological polar surface area (TPSA) is 33.1 Å². The summed E-state index contributed by atoms with van der Waals surface area (Å²) in [6.45, 7) is 6.64. The van der Waals surface area contributed by atoms with E-state index in [4.69, 9.17) is 5.10 Å². The van der Waals surface area contributed by atoms with Crippen molar-refractivity contribution in [2.75, 3.05) is 19.6 Å². The maximum Gasteiger partial charge on any atom is 0.0764 e. The zero-order valence-corrected chi connectivity index (χ0v) is 11.3. The Morgan fingerprint density at radius 1 is 1.39 bits per heavy atom. The minimum atomic E-state index is 0.607. The molecule has 0 radical (unpaired) electrons. The number of nitrogens with one attached hydrogen (secondary N) is 1. The van der Waals surface area contributed by atoms with Gasteiger partial charge in [-0.05, 0) is 25.8 Å². The molecule has 1 aromatic heterocycles. The quantitative estimate of drug-likeness (QED) is 0.885. The van der Waals surface area contributed by atoms with E-state index in [0.29, 0.717) is 12.1 Å². The van der Waals surface area contributed by atoms with Crippen LogP contribution in [0.2, 0.25) is 0 Å². The van der Waals surface area contributed by atoms with Gasteiger partial charge in [-0.15, -0.1) is 0 Å². The van der Waals surface area contributed by atoms with Crippen molar-refractivity contribution >= 4 is 0 Å². The molecule has 1 atom stereocenters. The zero-order valence-electron chi connectivity index (χ0n) is 11.3. The second-order valence-corrected chi connectivity index (χ2v) is 5.82. The van der Waals surface area contributed by atoms with Crippen LogP contribution in [0.15, 0.2) is 12.3 Å². The van der Waals surface area contributed by atoms with Gasteiger partial charge in [0.15, 0.2) is 0 Å². The van der Waals surface area contributed by atoms with E-state index < -0.39 is 0 Å². The molecule has 18 heavy (non-hydrogen) atoms. The van der Waals surface area contributed by atoms with E-state index in [1.807, 2.05) is 0 Å². The summed E-state index contributed by atoms with van der Waals surface area (Å²) in [5.41, 5.74) is 1.23. The Balaban J connectivity index is 1.59. The molecule has 1 aromatic rings. The Kier molecular flexibility index (Phi) is 3.66. The molecule has 1 saturated carbocycles. The molecular weight excluding hydrogens is 224 g/mol. The molecule has 3 rings (SSSR count). The van der Waals surface area contributed by atoms with E-state index in [0.717, 1.165) is 26.2 Å². The first-order chi connectivity index (χ1) is 8.81. The van der Waals surface area contributed by atoms with Gasteiger partial charge in [-0.1, -0.05) is 12.8 Å². The molecule has 100 valence electrons. The van der Waals surface area contributed by atoms with Gasteiger partial charge < -0.3 is 5.32 Å². The lowest BCUT2D eigenvalue weighted by atomic mass is 10.2. The molecule has 4 nitrogen and oxygen atoms in total. The predicted octanol–water partition coefficient (Wildman–Crippen LogP) is 1.79. The molecule has 2 aliphatic rings. The van der Waals surface area contributed by atoms with E-state index in [-0.39, 0.29) is 0 Å². The van der Waals surface area contributed by atoms with Gasteiger partial charge in [-0.25, -0.2) is 0 Å². The van der Waals surface area contributed by atoms with Gasteiger partial charge in [0.05, 0.1) is 11.7 Å². The lowest BCUT2D eigenvalue weighted by Crippen LogP contribution is -2.48. The Bertz CT molecular complexity index is 381. The summed E-state index contributed by atoms with van der Waals surface area (Å²) in [6, 6.07) is 3.47. The molecule has 0 aromatic carbocycles. The van der Waals surface area contributed by atoms with Crippen LogP contribution in [0.1, 0.15) is 44.3 Å². The Morgan fingerprint density at radius 3 is 3.00 bits per heavy atom. The molecule has 1 aliphatic carbocycles. The van der Waals surface area contributed by atoms with Crippen LogP contribution in [0.4, 0.5) is 0 Å². The smallest absolute Gasteiger partial charge is 0.0764 e. The summed E-state index contributed by atoms with van der Waals surface area (Å²) in [7, 11) is 0. The molecule has 0 bridgehead atoms. The average Bonchev–Trinajstić information content (AvgIpc) is 2.98. The summed E-state index contributed by atoms with van der Waals surface area (Å²) in [5, 5.41) is 8.25. The number of piperazine rings is 1. The minimum Gasteiger partial charge on any atom is -0.312 e. The summed E-state index contributed by atoms with van der Waals surface area (Å²) >= 11 is 0. The minimum absolute atomic E-state index is 0.607. The van der Waals surface area contributed by atoms with Crippen LogP contribution in [-0.4, -0.2) is 40.4 Å². The van der Waals surface area contributed by atoms with Gasteiger partial charge in [0, 0.05) is 38.4 Å². The third-order valence-electron chi connectivity index (χ3n) is 4.20. The van der Waals surface area contributed by atoms with Gasteiger partial charge in [-0.3, -0.25) is 9.58 Å². The molecular formula is C14H24N4. The van der Waals surface area contributed by atoms with Gasteiger partial charge in [0.1, 0.15) is 0 Å². The van der Waals surface area contributed by atoms with Gasteiger partial charge >= 0.3 is 0 Å². The molecule has 1 aliphatic heterocycles. The molecule has 1 saturated heterocycles. The fourth-order valence-electron chi connectivity index (χ4n) is 3.22. The molecule has 1 N–H and O–H groups in total. The van der Waals surface area contributed by atoms with Gasteiger partial charge in [0.2, 0.25) is 0 Å². The van der Waals surface area contributed by atoms with Gasteiger partial charge in [-0.2, -0.15) is 5.10 Å². The first-order valence-corrected chi connectivity index (χ1v) is 7.31. The van der Waals surface area contributed by atoms with Crippen molar-refractivity contribution < 1.29 is 0 Å². The highest BCUT2D eigenvalue weighted by molar-refractivity contribution is 5.00. The zero-order chi connectivity index (χ0) is 12.4. The highest BCUT2D eigenvalue weighted by atomic mass is 15.3. The number of hydrogen-bond acceptors (Lipinski definition) is 3. The van der Waals surface area contributed by atoms with Crippen LogP contribution in [0.25, 0.3) is 0 Å². The van der Waals surface area contributed by atoms with Crippen molar-refractivity contribution in [2.45, 2.75) is 51.2 Å². The monoisotopic (exact) mass is 248 g/mol. The van der Waals surface area contributed by atoms with Crippen LogP contribution < -0.4 is 5.32 Å². The van der Waals surface area contributed by atoms with Crippen molar-refractivity contribution in [2.24, 2.45) is 0 Å². The van der Waals surface area contributed by atoms with Crippen molar-refractivity contribution in [3.8, 4) is 0 Å². The number of hydrogen-bond donors (Lipinski definition) is 1. The highest BCUT2D eigenvalue weighted by Gasteiger charge is 2.19. The maximum atomic E-state index is 4.77. The maximum absolute atomic E-state index is 4.77. The van der Waals surface area contributed by atoms with Crippen molar-refractivity contribution in [3.05, 3.63) is 18.0 Å². The summed E-state index contributed by atoms with van der Waals surface area (Å²) in [5.74, 6) is 0. The van der Waals surface area contributed by atoms with E-state index in [2.05, 4.69) is 34.1 Å². The molecule has 2 fully saturated rings. The van der Waals surface area contributed by atoms with E-state index in [1.54, 1.807) is 0 Å². The lowest BCUT2D eigenvalue weighted by molar-refractivity contribution is 0.197. The Labute approximate surface area is 109 Å². The fourth-order valence-corrected chi connectivity index (χ4v) is 3.22. The predicted molar refractivity (Wildman–Crippen MR) is 72.5 cm³/mol. The third kappa shape index (κ3) is 2.75. The van der Waals surface area contributed by atoms with E-state index in [1.165, 1.54) is 31.4 Å². The first-order valence-electron chi connectivity index (χ1n) is 7.31. The second kappa shape index (κ2) is 5.41. The molecule has 2 heterocycles. The van der Waals surface area contributed by atoms with Crippen LogP contribution >= 0.6 is 0 Å². The number of rotatable bonds is 3. The third-order valence-corrected chi connectivity index (χ3v) is 4.20.